The molecule has 0 aromatic carbocycles. The van der Waals surface area contributed by atoms with Gasteiger partial charge in [0.15, 0.2) is 0 Å². The molecule has 3 N–H and O–H groups in total. The van der Waals surface area contributed by atoms with Crippen molar-refractivity contribution >= 4 is 11.8 Å². The molecule has 0 fully saturated rings. The van der Waals surface area contributed by atoms with Crippen molar-refractivity contribution in [2.24, 2.45) is 0 Å². The van der Waals surface area contributed by atoms with Crippen molar-refractivity contribution in [2.75, 3.05) is 24.2 Å². The number of halogens is 3. The second-order valence-electron chi connectivity index (χ2n) is 3.93. The molecule has 0 radical (unpaired) electrons. The number of ether oxygens (including phenoxy) is 1. The summed E-state index contributed by atoms with van der Waals surface area (Å²) in [5.74, 6) is 0.539. The smallest absolute Gasteiger partial charge is 0.433 e. The van der Waals surface area contributed by atoms with Crippen molar-refractivity contribution in [3.8, 4) is 5.88 Å². The molecule has 0 bridgehead atoms. The number of alkyl halides is 3. The molecule has 0 aliphatic rings. The fraction of sp³-hybridized carbons (Fsp3) is 0.250. The van der Waals surface area contributed by atoms with Gasteiger partial charge in [0.1, 0.15) is 18.1 Å². The van der Waals surface area contributed by atoms with E-state index >= 15 is 0 Å². The molecule has 6 nitrogen and oxygen atoms in total. The molecule has 9 heteroatoms. The Bertz CT molecular complexity index is 605. The standard InChI is InChI=1S/C12H12F3N5O/c13-12(14,15)8-2-1-3-10(19-8)21-7-6-17-9-4-5-18-11(16)20-9/h1-5H,6-7H2,(H3,16,17,18,20). The molecule has 0 saturated carbocycles. The van der Waals surface area contributed by atoms with Crippen LogP contribution in [-0.4, -0.2) is 28.1 Å². The zero-order valence-corrected chi connectivity index (χ0v) is 10.8. The molecule has 2 heterocycles. The largest absolute Gasteiger partial charge is 0.476 e. The van der Waals surface area contributed by atoms with Crippen molar-refractivity contribution in [3.63, 3.8) is 0 Å². The minimum atomic E-state index is -4.49. The van der Waals surface area contributed by atoms with Gasteiger partial charge < -0.3 is 15.8 Å². The van der Waals surface area contributed by atoms with E-state index in [4.69, 9.17) is 10.5 Å². The zero-order valence-electron chi connectivity index (χ0n) is 10.8. The second kappa shape index (κ2) is 6.25. The minimum absolute atomic E-state index is 0.0890. The number of nitrogens with one attached hydrogen (secondary N) is 1. The van der Waals surface area contributed by atoms with Crippen LogP contribution in [0.1, 0.15) is 5.69 Å². The van der Waals surface area contributed by atoms with E-state index in [2.05, 4.69) is 20.3 Å². The summed E-state index contributed by atoms with van der Waals surface area (Å²) in [6.07, 6.45) is -3.00. The van der Waals surface area contributed by atoms with Crippen LogP contribution in [0, 0.1) is 0 Å². The quantitative estimate of drug-likeness (QED) is 0.821. The fourth-order valence-corrected chi connectivity index (χ4v) is 1.46. The van der Waals surface area contributed by atoms with Crippen molar-refractivity contribution in [1.29, 1.82) is 0 Å². The molecule has 21 heavy (non-hydrogen) atoms. The van der Waals surface area contributed by atoms with Gasteiger partial charge in [-0.15, -0.1) is 0 Å². The second-order valence-corrected chi connectivity index (χ2v) is 3.93. The molecule has 2 rings (SSSR count). The van der Waals surface area contributed by atoms with Crippen LogP contribution in [0.5, 0.6) is 5.88 Å². The molecule has 0 unspecified atom stereocenters. The highest BCUT2D eigenvalue weighted by molar-refractivity contribution is 5.37. The van der Waals surface area contributed by atoms with E-state index in [0.29, 0.717) is 12.4 Å². The molecular weight excluding hydrogens is 287 g/mol. The van der Waals surface area contributed by atoms with Crippen LogP contribution in [0.3, 0.4) is 0 Å². The molecule has 0 atom stereocenters. The first-order chi connectivity index (χ1) is 9.95. The highest BCUT2D eigenvalue weighted by Gasteiger charge is 2.32. The molecule has 0 saturated heterocycles. The summed E-state index contributed by atoms with van der Waals surface area (Å²) in [5.41, 5.74) is 4.41. The number of rotatable bonds is 5. The van der Waals surface area contributed by atoms with E-state index in [0.717, 1.165) is 6.07 Å². The summed E-state index contributed by atoms with van der Waals surface area (Å²) < 4.78 is 42.5. The van der Waals surface area contributed by atoms with Crippen molar-refractivity contribution in [1.82, 2.24) is 15.0 Å². The molecule has 0 aliphatic carbocycles. The van der Waals surface area contributed by atoms with Crippen LogP contribution in [0.2, 0.25) is 0 Å². The minimum Gasteiger partial charge on any atom is -0.476 e. The Hall–Kier alpha value is -2.58. The third-order valence-corrected chi connectivity index (χ3v) is 2.35. The van der Waals surface area contributed by atoms with Crippen LogP contribution in [0.25, 0.3) is 0 Å². The summed E-state index contributed by atoms with van der Waals surface area (Å²) in [4.78, 5) is 11.0. The number of nitrogens with zero attached hydrogens (tertiary/aromatic N) is 3. The predicted molar refractivity (Wildman–Crippen MR) is 69.7 cm³/mol. The number of nitrogens with two attached hydrogens (primary N) is 1. The SMILES string of the molecule is Nc1nccc(NCCOc2cccc(C(F)(F)F)n2)n1. The number of aromatic nitrogens is 3. The van der Waals surface area contributed by atoms with Crippen LogP contribution < -0.4 is 15.8 Å². The van der Waals surface area contributed by atoms with Gasteiger partial charge in [0.2, 0.25) is 11.8 Å². The highest BCUT2D eigenvalue weighted by Crippen LogP contribution is 2.28. The van der Waals surface area contributed by atoms with Crippen molar-refractivity contribution in [3.05, 3.63) is 36.2 Å². The van der Waals surface area contributed by atoms with Gasteiger partial charge in [0.25, 0.3) is 0 Å². The van der Waals surface area contributed by atoms with E-state index in [1.165, 1.54) is 18.3 Å². The number of pyridine rings is 1. The third-order valence-electron chi connectivity index (χ3n) is 2.35. The maximum absolute atomic E-state index is 12.5. The summed E-state index contributed by atoms with van der Waals surface area (Å²) in [6, 6.07) is 5.09. The molecule has 112 valence electrons. The highest BCUT2D eigenvalue weighted by atomic mass is 19.4. The Morgan fingerprint density at radius 3 is 2.71 bits per heavy atom. The van der Waals surface area contributed by atoms with Gasteiger partial charge >= 0.3 is 6.18 Å². The van der Waals surface area contributed by atoms with Crippen LogP contribution in [0.4, 0.5) is 24.9 Å². The molecule has 2 aromatic heterocycles. The van der Waals surface area contributed by atoms with Gasteiger partial charge in [-0.25, -0.2) is 9.97 Å². The molecule has 2 aromatic rings. The lowest BCUT2D eigenvalue weighted by Crippen LogP contribution is -2.14. The number of nitrogen functional groups attached to an aromatic ring is 1. The number of anilines is 2. The molecule has 0 amide bonds. The average molecular weight is 299 g/mol. The van der Waals surface area contributed by atoms with Gasteiger partial charge in [-0.2, -0.15) is 18.2 Å². The Morgan fingerprint density at radius 1 is 1.19 bits per heavy atom. The maximum atomic E-state index is 12.5. The van der Waals surface area contributed by atoms with E-state index in [1.54, 1.807) is 6.07 Å². The fourth-order valence-electron chi connectivity index (χ4n) is 1.46. The van der Waals surface area contributed by atoms with Gasteiger partial charge in [0.05, 0.1) is 6.54 Å². The van der Waals surface area contributed by atoms with E-state index < -0.39 is 11.9 Å². The normalized spacial score (nSPS) is 11.2. The van der Waals surface area contributed by atoms with Crippen molar-refractivity contribution in [2.45, 2.75) is 6.18 Å². The molecular formula is C12H12F3N5O. The predicted octanol–water partition coefficient (Wildman–Crippen LogP) is 1.96. The third kappa shape index (κ3) is 4.48. The first kappa shape index (κ1) is 14.8. The molecule has 0 aliphatic heterocycles. The topological polar surface area (TPSA) is 86.0 Å². The summed E-state index contributed by atoms with van der Waals surface area (Å²) >= 11 is 0. The maximum Gasteiger partial charge on any atom is 0.433 e. The first-order valence-electron chi connectivity index (χ1n) is 5.94. The zero-order chi connectivity index (χ0) is 15.3. The Morgan fingerprint density at radius 2 is 2.00 bits per heavy atom. The summed E-state index contributed by atoms with van der Waals surface area (Å²) in [6.45, 7) is 0.451. The number of hydrogen-bond acceptors (Lipinski definition) is 6. The van der Waals surface area contributed by atoms with Crippen molar-refractivity contribution < 1.29 is 17.9 Å². The van der Waals surface area contributed by atoms with E-state index in [9.17, 15) is 13.2 Å². The van der Waals surface area contributed by atoms with Crippen LogP contribution in [0.15, 0.2) is 30.5 Å². The monoisotopic (exact) mass is 299 g/mol. The van der Waals surface area contributed by atoms with Crippen LogP contribution >= 0.6 is 0 Å². The molecule has 0 spiro atoms. The summed E-state index contributed by atoms with van der Waals surface area (Å²) in [7, 11) is 0. The Kier molecular flexibility index (Phi) is 4.41. The average Bonchev–Trinajstić information content (AvgIpc) is 2.43. The van der Waals surface area contributed by atoms with Gasteiger partial charge in [-0.1, -0.05) is 6.07 Å². The lowest BCUT2D eigenvalue weighted by Gasteiger charge is -2.09. The lowest BCUT2D eigenvalue weighted by molar-refractivity contribution is -0.141. The Balaban J connectivity index is 1.84. The van der Waals surface area contributed by atoms with Crippen LogP contribution in [-0.2, 0) is 6.18 Å². The Labute approximate surface area is 118 Å². The van der Waals surface area contributed by atoms with Gasteiger partial charge in [-0.3, -0.25) is 0 Å². The first-order valence-corrected chi connectivity index (χ1v) is 5.94. The lowest BCUT2D eigenvalue weighted by atomic mass is 10.3. The van der Waals surface area contributed by atoms with Gasteiger partial charge in [-0.05, 0) is 12.1 Å². The van der Waals surface area contributed by atoms with E-state index in [-0.39, 0.29) is 18.4 Å². The summed E-state index contributed by atoms with van der Waals surface area (Å²) in [5, 5.41) is 2.89. The number of hydrogen-bond donors (Lipinski definition) is 2. The van der Waals surface area contributed by atoms with Gasteiger partial charge in [0, 0.05) is 12.3 Å². The van der Waals surface area contributed by atoms with E-state index in [1.807, 2.05) is 0 Å².